The van der Waals surface area contributed by atoms with Crippen LogP contribution in [0.1, 0.15) is 58.8 Å². The van der Waals surface area contributed by atoms with E-state index in [-0.39, 0.29) is 31.8 Å². The van der Waals surface area contributed by atoms with Gasteiger partial charge in [-0.05, 0) is 58.5 Å². The van der Waals surface area contributed by atoms with Crippen molar-refractivity contribution in [2.75, 3.05) is 5.32 Å². The normalized spacial score (nSPS) is 12.1. The maximum atomic E-state index is 13.4. The van der Waals surface area contributed by atoms with Crippen LogP contribution < -0.4 is 11.1 Å². The lowest BCUT2D eigenvalue weighted by molar-refractivity contribution is -0.166. The van der Waals surface area contributed by atoms with Gasteiger partial charge in [-0.1, -0.05) is 116 Å². The van der Waals surface area contributed by atoms with Crippen molar-refractivity contribution < 1.29 is 28.7 Å². The lowest BCUT2D eigenvalue weighted by Gasteiger charge is -2.21. The van der Waals surface area contributed by atoms with Crippen LogP contribution in [0.3, 0.4) is 0 Å². The van der Waals surface area contributed by atoms with E-state index in [1.807, 2.05) is 97.9 Å². The minimum absolute atomic E-state index is 0.168. The molecule has 49 heavy (non-hydrogen) atoms. The molecule has 0 saturated heterocycles. The van der Waals surface area contributed by atoms with Crippen molar-refractivity contribution in [2.45, 2.75) is 51.7 Å². The van der Waals surface area contributed by atoms with Crippen molar-refractivity contribution in [3.05, 3.63) is 149 Å². The molecule has 3 N–H and O–H groups in total. The van der Waals surface area contributed by atoms with Gasteiger partial charge in [0, 0.05) is 23.2 Å². The van der Waals surface area contributed by atoms with Gasteiger partial charge in [-0.15, -0.1) is 0 Å². The molecule has 250 valence electrons. The van der Waals surface area contributed by atoms with Crippen molar-refractivity contribution in [1.29, 1.82) is 0 Å². The smallest absolute Gasteiger partial charge is 0.320 e. The molecule has 0 spiro atoms. The van der Waals surface area contributed by atoms with E-state index < -0.39 is 29.9 Å². The van der Waals surface area contributed by atoms with Crippen LogP contribution in [0, 0.1) is 5.92 Å². The van der Waals surface area contributed by atoms with Gasteiger partial charge in [0.25, 0.3) is 5.91 Å². The summed E-state index contributed by atoms with van der Waals surface area (Å²) in [6.45, 7) is 1.68. The first-order chi connectivity index (χ1) is 23.8. The van der Waals surface area contributed by atoms with Gasteiger partial charge >= 0.3 is 11.9 Å². The number of nitrogens with two attached hydrogens (primary N) is 1. The molecule has 5 rings (SSSR count). The van der Waals surface area contributed by atoms with Gasteiger partial charge < -0.3 is 20.5 Å². The highest BCUT2D eigenvalue weighted by atomic mass is 16.6. The molecule has 5 aromatic rings. The SMILES string of the molecule is CCC[C@@H](C(=O)OCc1ccccc1NC(=O)c1cccc(Cc2ccccc2)c1)C(=O)O[C@H](CC(N)=O)Cc1ccc2ccccc2c1. The first kappa shape index (κ1) is 34.6. The number of fused-ring (bicyclic) bond motifs is 1. The summed E-state index contributed by atoms with van der Waals surface area (Å²) in [5.74, 6) is -3.62. The second kappa shape index (κ2) is 16.9. The fourth-order valence-electron chi connectivity index (χ4n) is 5.74. The third-order valence-corrected chi connectivity index (χ3v) is 8.21. The zero-order valence-corrected chi connectivity index (χ0v) is 27.5. The first-order valence-corrected chi connectivity index (χ1v) is 16.4. The Bertz CT molecular complexity index is 1920. The monoisotopic (exact) mass is 656 g/mol. The van der Waals surface area contributed by atoms with Gasteiger partial charge in [-0.25, -0.2) is 0 Å². The summed E-state index contributed by atoms with van der Waals surface area (Å²) in [6, 6.07) is 38.2. The number of primary amides is 1. The molecule has 2 amide bonds. The predicted molar refractivity (Wildman–Crippen MR) is 190 cm³/mol. The number of para-hydroxylation sites is 1. The first-order valence-electron chi connectivity index (χ1n) is 16.4. The number of hydrogen-bond donors (Lipinski definition) is 2. The van der Waals surface area contributed by atoms with Crippen molar-refractivity contribution in [1.82, 2.24) is 0 Å². The topological polar surface area (TPSA) is 125 Å². The molecule has 0 aromatic heterocycles. The standard InChI is InChI=1S/C41H40N2O6/c1-2-11-36(41(47)49-35(26-38(42)44)25-30-20-21-31-15-6-7-16-32(31)23-30)40(46)48-27-34-17-8-9-19-37(34)43-39(45)33-18-10-14-29(24-33)22-28-12-4-3-5-13-28/h3-10,12-21,23-24,35-36H,2,11,22,25-27H2,1H3,(H2,42,44)(H,43,45)/t35-,36-/m0/s1. The Hall–Kier alpha value is -5.76. The lowest BCUT2D eigenvalue weighted by Crippen LogP contribution is -2.34. The summed E-state index contributed by atoms with van der Waals surface area (Å²) in [4.78, 5) is 51.8. The highest BCUT2D eigenvalue weighted by Gasteiger charge is 2.32. The number of ether oxygens (including phenoxy) is 2. The highest BCUT2D eigenvalue weighted by Crippen LogP contribution is 2.22. The molecule has 0 aliphatic rings. The van der Waals surface area contributed by atoms with Crippen LogP contribution in [-0.4, -0.2) is 29.9 Å². The van der Waals surface area contributed by atoms with Crippen molar-refractivity contribution in [3.63, 3.8) is 0 Å². The number of hydrogen-bond acceptors (Lipinski definition) is 6. The summed E-state index contributed by atoms with van der Waals surface area (Å²) in [5.41, 5.74) is 10.1. The largest absolute Gasteiger partial charge is 0.461 e. The maximum absolute atomic E-state index is 13.4. The van der Waals surface area contributed by atoms with Crippen molar-refractivity contribution in [3.8, 4) is 0 Å². The number of carbonyl (C=O) groups excluding carboxylic acids is 4. The molecular weight excluding hydrogens is 616 g/mol. The predicted octanol–water partition coefficient (Wildman–Crippen LogP) is 7.17. The lowest BCUT2D eigenvalue weighted by atomic mass is 10.0. The van der Waals surface area contributed by atoms with E-state index in [0.717, 1.165) is 27.5 Å². The Kier molecular flexibility index (Phi) is 11.9. The van der Waals surface area contributed by atoms with Crippen LogP contribution in [0.2, 0.25) is 0 Å². The molecule has 0 radical (unpaired) electrons. The molecule has 0 unspecified atom stereocenters. The Balaban J connectivity index is 1.22. The van der Waals surface area contributed by atoms with Gasteiger partial charge in [0.05, 0.1) is 6.42 Å². The fourth-order valence-corrected chi connectivity index (χ4v) is 5.74. The van der Waals surface area contributed by atoms with Crippen LogP contribution in [0.25, 0.3) is 10.8 Å². The van der Waals surface area contributed by atoms with Gasteiger partial charge in [0.2, 0.25) is 5.91 Å². The van der Waals surface area contributed by atoms with Gasteiger partial charge in [-0.2, -0.15) is 0 Å². The number of nitrogens with one attached hydrogen (secondary N) is 1. The molecule has 0 heterocycles. The number of rotatable bonds is 15. The Morgan fingerprint density at radius 1 is 0.714 bits per heavy atom. The zero-order valence-electron chi connectivity index (χ0n) is 27.5. The summed E-state index contributed by atoms with van der Waals surface area (Å²) >= 11 is 0. The zero-order chi connectivity index (χ0) is 34.6. The molecule has 0 bridgehead atoms. The number of carbonyl (C=O) groups is 4. The average molecular weight is 657 g/mol. The molecule has 0 fully saturated rings. The van der Waals surface area contributed by atoms with Crippen LogP contribution >= 0.6 is 0 Å². The van der Waals surface area contributed by atoms with Crippen LogP contribution in [0.4, 0.5) is 5.69 Å². The summed E-state index contributed by atoms with van der Waals surface area (Å²) in [6.07, 6.45) is 0.651. The summed E-state index contributed by atoms with van der Waals surface area (Å²) in [5, 5.41) is 5.01. The number of esters is 2. The molecule has 0 saturated carbocycles. The third kappa shape index (κ3) is 9.87. The van der Waals surface area contributed by atoms with E-state index in [1.54, 1.807) is 30.3 Å². The van der Waals surface area contributed by atoms with E-state index in [9.17, 15) is 19.2 Å². The maximum Gasteiger partial charge on any atom is 0.320 e. The Labute approximate surface area is 286 Å². The molecule has 8 nitrogen and oxygen atoms in total. The average Bonchev–Trinajstić information content (AvgIpc) is 3.10. The van der Waals surface area contributed by atoms with E-state index in [4.69, 9.17) is 15.2 Å². The second-order valence-corrected chi connectivity index (χ2v) is 12.0. The van der Waals surface area contributed by atoms with Crippen molar-refractivity contribution >= 4 is 40.2 Å². The third-order valence-electron chi connectivity index (χ3n) is 8.21. The number of benzene rings is 5. The summed E-state index contributed by atoms with van der Waals surface area (Å²) in [7, 11) is 0. The number of anilines is 1. The number of amides is 2. The minimum atomic E-state index is -1.19. The molecular formula is C41H40N2O6. The fraction of sp³-hybridized carbons (Fsp3) is 0.220. The van der Waals surface area contributed by atoms with Gasteiger partial charge in [0.1, 0.15) is 12.7 Å². The van der Waals surface area contributed by atoms with Crippen LogP contribution in [-0.2, 0) is 43.3 Å². The van der Waals surface area contributed by atoms with E-state index in [1.165, 1.54) is 0 Å². The molecule has 0 aliphatic heterocycles. The van der Waals surface area contributed by atoms with E-state index >= 15 is 0 Å². The Morgan fingerprint density at radius 3 is 2.20 bits per heavy atom. The van der Waals surface area contributed by atoms with Gasteiger partial charge in [0.15, 0.2) is 5.92 Å². The van der Waals surface area contributed by atoms with Crippen LogP contribution in [0.5, 0.6) is 0 Å². The minimum Gasteiger partial charge on any atom is -0.461 e. The van der Waals surface area contributed by atoms with Crippen LogP contribution in [0.15, 0.2) is 121 Å². The molecule has 0 aliphatic carbocycles. The summed E-state index contributed by atoms with van der Waals surface area (Å²) < 4.78 is 11.4. The molecule has 8 heteroatoms. The second-order valence-electron chi connectivity index (χ2n) is 12.0. The Morgan fingerprint density at radius 2 is 1.43 bits per heavy atom. The quantitative estimate of drug-likeness (QED) is 0.0909. The molecule has 5 aromatic carbocycles. The van der Waals surface area contributed by atoms with E-state index in [0.29, 0.717) is 29.7 Å². The van der Waals surface area contributed by atoms with Crippen molar-refractivity contribution in [2.24, 2.45) is 11.7 Å². The highest BCUT2D eigenvalue weighted by molar-refractivity contribution is 6.04. The molecule has 2 atom stereocenters. The van der Waals surface area contributed by atoms with E-state index in [2.05, 4.69) is 5.32 Å². The van der Waals surface area contributed by atoms with Gasteiger partial charge in [-0.3, -0.25) is 19.2 Å².